The Hall–Kier alpha value is -2.89. The smallest absolute Gasteiger partial charge is 0.322 e. The van der Waals surface area contributed by atoms with Crippen molar-refractivity contribution in [1.82, 2.24) is 4.90 Å². The number of likely N-dealkylation sites (N-methyl/N-ethyl adjacent to an activating group) is 1. The number of hydrogen-bond acceptors (Lipinski definition) is 4. The van der Waals surface area contributed by atoms with Crippen LogP contribution in [0.1, 0.15) is 11.1 Å². The number of aryl methyl sites for hydroxylation is 1. The third kappa shape index (κ3) is 2.95. The fourth-order valence-corrected chi connectivity index (χ4v) is 3.24. The first-order valence-corrected chi connectivity index (χ1v) is 8.37. The van der Waals surface area contributed by atoms with Crippen molar-refractivity contribution in [2.24, 2.45) is 0 Å². The maximum atomic E-state index is 12.8. The average Bonchev–Trinajstić information content (AvgIpc) is 2.98. The van der Waals surface area contributed by atoms with Gasteiger partial charge in [-0.3, -0.25) is 0 Å². The summed E-state index contributed by atoms with van der Waals surface area (Å²) < 4.78 is 10.8. The minimum Gasteiger partial charge on any atom is -0.454 e. The number of urea groups is 1. The predicted molar refractivity (Wildman–Crippen MR) is 96.4 cm³/mol. The van der Waals surface area contributed by atoms with Gasteiger partial charge in [-0.1, -0.05) is 18.2 Å². The standard InChI is InChI=1S/C19H21N3O3/c1-13-9-17-18(25-12-24-17)10-15(13)20-19(23)22-8-7-21(2)16-6-4-3-5-14(16)11-22/h3-6,9-10H,7-8,11-12H2,1-2H3,(H,20,23). The molecule has 0 saturated heterocycles. The van der Waals surface area contributed by atoms with E-state index in [0.29, 0.717) is 18.8 Å². The summed E-state index contributed by atoms with van der Waals surface area (Å²) in [5.41, 5.74) is 4.03. The Kier molecular flexibility index (Phi) is 3.87. The minimum atomic E-state index is -0.105. The van der Waals surface area contributed by atoms with Crippen molar-refractivity contribution in [3.63, 3.8) is 0 Å². The van der Waals surface area contributed by atoms with Crippen LogP contribution in [0.25, 0.3) is 0 Å². The van der Waals surface area contributed by atoms with Crippen LogP contribution in [-0.4, -0.2) is 37.9 Å². The van der Waals surface area contributed by atoms with E-state index >= 15 is 0 Å². The van der Waals surface area contributed by atoms with E-state index in [4.69, 9.17) is 9.47 Å². The second-order valence-corrected chi connectivity index (χ2v) is 6.42. The van der Waals surface area contributed by atoms with E-state index in [1.54, 1.807) is 0 Å². The zero-order valence-electron chi connectivity index (χ0n) is 14.4. The lowest BCUT2D eigenvalue weighted by atomic mass is 10.1. The van der Waals surface area contributed by atoms with Crippen molar-refractivity contribution in [2.75, 3.05) is 37.1 Å². The molecule has 2 heterocycles. The van der Waals surface area contributed by atoms with Crippen LogP contribution in [0.5, 0.6) is 11.5 Å². The van der Waals surface area contributed by atoms with Gasteiger partial charge >= 0.3 is 6.03 Å². The molecular weight excluding hydrogens is 318 g/mol. The van der Waals surface area contributed by atoms with E-state index in [1.807, 2.05) is 36.1 Å². The lowest BCUT2D eigenvalue weighted by Gasteiger charge is -2.22. The van der Waals surface area contributed by atoms with E-state index in [0.717, 1.165) is 29.1 Å². The largest absolute Gasteiger partial charge is 0.454 e. The third-order valence-corrected chi connectivity index (χ3v) is 4.72. The first-order chi connectivity index (χ1) is 12.1. The summed E-state index contributed by atoms with van der Waals surface area (Å²) >= 11 is 0. The minimum absolute atomic E-state index is 0.105. The maximum Gasteiger partial charge on any atom is 0.322 e. The Morgan fingerprint density at radius 2 is 1.88 bits per heavy atom. The highest BCUT2D eigenvalue weighted by molar-refractivity contribution is 5.91. The highest BCUT2D eigenvalue weighted by Crippen LogP contribution is 2.37. The molecule has 0 unspecified atom stereocenters. The number of fused-ring (bicyclic) bond motifs is 2. The molecule has 2 aliphatic rings. The summed E-state index contributed by atoms with van der Waals surface area (Å²) in [6.45, 7) is 4.23. The van der Waals surface area contributed by atoms with Crippen LogP contribution in [0, 0.1) is 6.92 Å². The summed E-state index contributed by atoms with van der Waals surface area (Å²) in [5, 5.41) is 3.02. The fraction of sp³-hybridized carbons (Fsp3) is 0.316. The van der Waals surface area contributed by atoms with Crippen molar-refractivity contribution in [3.05, 3.63) is 47.5 Å². The first-order valence-electron chi connectivity index (χ1n) is 8.37. The van der Waals surface area contributed by atoms with Gasteiger partial charge in [-0.25, -0.2) is 4.79 Å². The van der Waals surface area contributed by atoms with Gasteiger partial charge in [0.1, 0.15) is 0 Å². The summed E-state index contributed by atoms with van der Waals surface area (Å²) in [4.78, 5) is 16.8. The normalized spacial score (nSPS) is 15.6. The number of rotatable bonds is 1. The molecule has 4 rings (SSSR count). The van der Waals surface area contributed by atoms with Crippen molar-refractivity contribution in [2.45, 2.75) is 13.5 Å². The Balaban J connectivity index is 1.54. The summed E-state index contributed by atoms with van der Waals surface area (Å²) in [6, 6.07) is 11.8. The zero-order valence-corrected chi connectivity index (χ0v) is 14.4. The first kappa shape index (κ1) is 15.6. The lowest BCUT2D eigenvalue weighted by Crippen LogP contribution is -2.37. The molecule has 0 saturated carbocycles. The molecule has 0 aromatic heterocycles. The van der Waals surface area contributed by atoms with Crippen molar-refractivity contribution in [1.29, 1.82) is 0 Å². The molecule has 130 valence electrons. The van der Waals surface area contributed by atoms with Crippen molar-refractivity contribution >= 4 is 17.4 Å². The van der Waals surface area contributed by atoms with E-state index in [9.17, 15) is 4.79 Å². The van der Waals surface area contributed by atoms with Gasteiger partial charge in [-0.05, 0) is 30.2 Å². The molecule has 0 aliphatic carbocycles. The molecule has 1 N–H and O–H groups in total. The highest BCUT2D eigenvalue weighted by atomic mass is 16.7. The van der Waals surface area contributed by atoms with Crippen molar-refractivity contribution in [3.8, 4) is 11.5 Å². The SMILES string of the molecule is Cc1cc2c(cc1NC(=O)N1CCN(C)c3ccccc3C1)OCO2. The van der Waals surface area contributed by atoms with E-state index < -0.39 is 0 Å². The molecule has 0 atom stereocenters. The molecule has 2 aromatic rings. The van der Waals surface area contributed by atoms with Crippen LogP contribution < -0.4 is 19.7 Å². The predicted octanol–water partition coefficient (Wildman–Crippen LogP) is 3.21. The Bertz CT molecular complexity index is 822. The topological polar surface area (TPSA) is 54.0 Å². The van der Waals surface area contributed by atoms with Gasteiger partial charge in [0.2, 0.25) is 6.79 Å². The number of benzene rings is 2. The van der Waals surface area contributed by atoms with Gasteiger partial charge in [0.05, 0.1) is 0 Å². The molecule has 0 spiro atoms. The average molecular weight is 339 g/mol. The van der Waals surface area contributed by atoms with Crippen LogP contribution >= 0.6 is 0 Å². The Labute approximate surface area is 146 Å². The highest BCUT2D eigenvalue weighted by Gasteiger charge is 2.22. The van der Waals surface area contributed by atoms with Crippen LogP contribution in [-0.2, 0) is 6.54 Å². The number of para-hydroxylation sites is 1. The van der Waals surface area contributed by atoms with Crippen LogP contribution in [0.15, 0.2) is 36.4 Å². The molecule has 0 radical (unpaired) electrons. The number of hydrogen-bond donors (Lipinski definition) is 1. The van der Waals surface area contributed by atoms with Crippen LogP contribution in [0.3, 0.4) is 0 Å². The van der Waals surface area contributed by atoms with Gasteiger partial charge in [-0.15, -0.1) is 0 Å². The quantitative estimate of drug-likeness (QED) is 0.867. The second kappa shape index (κ2) is 6.20. The third-order valence-electron chi connectivity index (χ3n) is 4.72. The number of ether oxygens (including phenoxy) is 2. The molecule has 0 bridgehead atoms. The maximum absolute atomic E-state index is 12.8. The van der Waals surface area contributed by atoms with E-state index in [2.05, 4.69) is 29.4 Å². The molecule has 2 aromatic carbocycles. The molecule has 2 amide bonds. The van der Waals surface area contributed by atoms with Gasteiger partial charge in [0.15, 0.2) is 11.5 Å². The molecule has 6 nitrogen and oxygen atoms in total. The fourth-order valence-electron chi connectivity index (χ4n) is 3.24. The van der Waals surface area contributed by atoms with Crippen LogP contribution in [0.2, 0.25) is 0 Å². The van der Waals surface area contributed by atoms with Gasteiger partial charge in [0, 0.05) is 44.1 Å². The number of carbonyl (C=O) groups is 1. The van der Waals surface area contributed by atoms with Crippen molar-refractivity contribution < 1.29 is 14.3 Å². The van der Waals surface area contributed by atoms with E-state index in [1.165, 1.54) is 5.69 Å². The molecule has 2 aliphatic heterocycles. The number of carbonyl (C=O) groups excluding carboxylic acids is 1. The van der Waals surface area contributed by atoms with Gasteiger partial charge in [-0.2, -0.15) is 0 Å². The zero-order chi connectivity index (χ0) is 17.4. The van der Waals surface area contributed by atoms with Crippen LogP contribution in [0.4, 0.5) is 16.2 Å². The second-order valence-electron chi connectivity index (χ2n) is 6.42. The number of amides is 2. The Morgan fingerprint density at radius 3 is 2.72 bits per heavy atom. The lowest BCUT2D eigenvalue weighted by molar-refractivity contribution is 0.174. The molecule has 0 fully saturated rings. The molecule has 25 heavy (non-hydrogen) atoms. The monoisotopic (exact) mass is 339 g/mol. The molecular formula is C19H21N3O3. The summed E-state index contributed by atoms with van der Waals surface area (Å²) in [6.07, 6.45) is 0. The number of nitrogens with one attached hydrogen (secondary N) is 1. The van der Waals surface area contributed by atoms with Gasteiger partial charge < -0.3 is 24.6 Å². The van der Waals surface area contributed by atoms with Gasteiger partial charge in [0.25, 0.3) is 0 Å². The number of anilines is 2. The molecule has 6 heteroatoms. The Morgan fingerprint density at radius 1 is 1.12 bits per heavy atom. The number of nitrogens with zero attached hydrogens (tertiary/aromatic N) is 2. The summed E-state index contributed by atoms with van der Waals surface area (Å²) in [5.74, 6) is 1.39. The summed E-state index contributed by atoms with van der Waals surface area (Å²) in [7, 11) is 2.06. The van der Waals surface area contributed by atoms with E-state index in [-0.39, 0.29) is 12.8 Å².